The van der Waals surface area contributed by atoms with Crippen molar-refractivity contribution in [1.82, 2.24) is 55.1 Å². The Hall–Kier alpha value is -7.44. The maximum Gasteiger partial charge on any atom is 0.274 e. The molecule has 3 fully saturated rings. The van der Waals surface area contributed by atoms with Gasteiger partial charge in [-0.15, -0.1) is 11.3 Å². The molecular weight excluding hydrogens is 1030 g/mol. The van der Waals surface area contributed by atoms with Gasteiger partial charge in [0.2, 0.25) is 11.7 Å². The second-order valence-corrected chi connectivity index (χ2v) is 24.0. The maximum absolute atomic E-state index is 14.6. The number of aromatic amines is 1. The van der Waals surface area contributed by atoms with Crippen molar-refractivity contribution < 1.29 is 36.7 Å². The minimum absolute atomic E-state index is 0.0519. The highest BCUT2D eigenvalue weighted by Crippen LogP contribution is 2.40. The average molecular weight is 1090 g/mol. The molecule has 21 nitrogen and oxygen atoms in total. The second kappa shape index (κ2) is 22.6. The Kier molecular flexibility index (Phi) is 16.0. The van der Waals surface area contributed by atoms with Gasteiger partial charge in [0.05, 0.1) is 40.3 Å². The zero-order valence-electron chi connectivity index (χ0n) is 43.9. The van der Waals surface area contributed by atoms with Crippen LogP contribution >= 0.6 is 11.3 Å². The number of hydrogen-bond donors (Lipinski definition) is 4. The quantitative estimate of drug-likeness (QED) is 0.0646. The van der Waals surface area contributed by atoms with Crippen LogP contribution in [0.25, 0.3) is 10.9 Å². The van der Waals surface area contributed by atoms with Gasteiger partial charge in [-0.3, -0.25) is 29.2 Å². The molecule has 5 N–H and O–H groups in total. The SMILES string of the molecule is CNC(=C[C@@H](C(=O)N1CCC[C@H]1c1nc(C(=O)c2ccc(F)cc2)cs1)C1CCN(C(=O)c2cnc(N3CCN(CCOc4cc5ncnc(Nc6n[nH]c(C)c6C)c5cc4S(=O)(=O)C(C)(C)C)CC3)cn2)CC1)C(N)=O. The number of piperidine rings is 1. The average Bonchev–Trinajstić information content (AvgIpc) is 4.21. The summed E-state index contributed by atoms with van der Waals surface area (Å²) in [5.74, 6) is -1.07. The Balaban J connectivity index is 0.793. The van der Waals surface area contributed by atoms with Gasteiger partial charge in [-0.05, 0) is 103 Å². The fourth-order valence-electron chi connectivity index (χ4n) is 9.89. The number of aromatic nitrogens is 7. The molecule has 2 atom stereocenters. The number of anilines is 3. The number of nitrogens with zero attached hydrogens (tertiary/aromatic N) is 10. The minimum Gasteiger partial charge on any atom is -0.491 e. The van der Waals surface area contributed by atoms with Crippen molar-refractivity contribution in [2.45, 2.75) is 76.0 Å². The summed E-state index contributed by atoms with van der Waals surface area (Å²) in [4.78, 5) is 84.6. The molecule has 3 amide bonds. The third-order valence-corrected chi connectivity index (χ3v) is 18.1. The number of carbonyl (C=O) groups is 4. The van der Waals surface area contributed by atoms with E-state index in [0.717, 1.165) is 17.7 Å². The topological polar surface area (TPSA) is 268 Å². The Morgan fingerprint density at radius 2 is 1.68 bits per heavy atom. The van der Waals surface area contributed by atoms with E-state index in [9.17, 15) is 32.0 Å². The lowest BCUT2D eigenvalue weighted by atomic mass is 9.82. The molecule has 6 aromatic rings. The third-order valence-electron chi connectivity index (χ3n) is 14.7. The minimum atomic E-state index is -3.87. The molecule has 0 radical (unpaired) electrons. The number of benzene rings is 2. The Bertz CT molecular complexity index is 3310. The molecule has 0 unspecified atom stereocenters. The smallest absolute Gasteiger partial charge is 0.274 e. The number of thiazole rings is 1. The van der Waals surface area contributed by atoms with E-state index < -0.39 is 32.2 Å². The lowest BCUT2D eigenvalue weighted by molar-refractivity contribution is -0.137. The van der Waals surface area contributed by atoms with Crippen LogP contribution < -0.4 is 26.0 Å². The zero-order chi connectivity index (χ0) is 54.8. The molecule has 0 bridgehead atoms. The van der Waals surface area contributed by atoms with Crippen LogP contribution in [-0.2, 0) is 19.4 Å². The van der Waals surface area contributed by atoms with Crippen molar-refractivity contribution in [3.8, 4) is 5.75 Å². The number of rotatable bonds is 17. The number of nitrogens with one attached hydrogen (secondary N) is 3. The highest BCUT2D eigenvalue weighted by Gasteiger charge is 2.40. The molecule has 0 aliphatic carbocycles. The summed E-state index contributed by atoms with van der Waals surface area (Å²) in [7, 11) is -2.29. The highest BCUT2D eigenvalue weighted by molar-refractivity contribution is 7.92. The Morgan fingerprint density at radius 3 is 2.32 bits per heavy atom. The van der Waals surface area contributed by atoms with Crippen molar-refractivity contribution in [3.63, 3.8) is 0 Å². The van der Waals surface area contributed by atoms with Crippen molar-refractivity contribution in [1.29, 1.82) is 0 Å². The molecule has 24 heteroatoms. The molecule has 406 valence electrons. The number of piperazine rings is 1. The van der Waals surface area contributed by atoms with Crippen LogP contribution in [0.1, 0.15) is 95.3 Å². The second-order valence-electron chi connectivity index (χ2n) is 20.5. The summed E-state index contributed by atoms with van der Waals surface area (Å²) in [6.45, 7) is 13.3. The van der Waals surface area contributed by atoms with Crippen LogP contribution in [0.15, 0.2) is 77.2 Å². The highest BCUT2D eigenvalue weighted by atomic mass is 32.2. The van der Waals surface area contributed by atoms with Crippen LogP contribution in [-0.4, -0.2) is 152 Å². The van der Waals surface area contributed by atoms with Gasteiger partial charge in [-0.25, -0.2) is 37.7 Å². The van der Waals surface area contributed by atoms with Crippen LogP contribution in [0.3, 0.4) is 0 Å². The van der Waals surface area contributed by atoms with E-state index in [1.807, 2.05) is 13.8 Å². The summed E-state index contributed by atoms with van der Waals surface area (Å²) in [5, 5.41) is 16.1. The Labute approximate surface area is 449 Å². The van der Waals surface area contributed by atoms with Crippen LogP contribution in [0.5, 0.6) is 5.75 Å². The number of amides is 3. The van der Waals surface area contributed by atoms with Crippen LogP contribution in [0.2, 0.25) is 0 Å². The predicted molar refractivity (Wildman–Crippen MR) is 288 cm³/mol. The summed E-state index contributed by atoms with van der Waals surface area (Å²) in [5.41, 5.74) is 8.88. The summed E-state index contributed by atoms with van der Waals surface area (Å²) in [6, 6.07) is 8.13. The number of fused-ring (bicyclic) bond motifs is 1. The number of likely N-dealkylation sites (tertiary alicyclic amines) is 2. The molecule has 7 heterocycles. The first-order valence-corrected chi connectivity index (χ1v) is 28.0. The molecule has 2 aromatic carbocycles. The first kappa shape index (κ1) is 54.4. The zero-order valence-corrected chi connectivity index (χ0v) is 45.5. The number of primary amides is 1. The lowest BCUT2D eigenvalue weighted by Crippen LogP contribution is -2.48. The van der Waals surface area contributed by atoms with Crippen molar-refractivity contribution >= 4 is 73.0 Å². The fraction of sp³-hybridized carbons (Fsp3) is 0.434. The van der Waals surface area contributed by atoms with Crippen molar-refractivity contribution in [3.05, 3.63) is 111 Å². The first-order chi connectivity index (χ1) is 36.8. The number of ether oxygens (including phenoxy) is 1. The van der Waals surface area contributed by atoms with Gasteiger partial charge in [-0.1, -0.05) is 0 Å². The molecule has 9 rings (SSSR count). The number of aryl methyl sites for hydroxylation is 1. The van der Waals surface area contributed by atoms with E-state index in [1.54, 1.807) is 67.4 Å². The summed E-state index contributed by atoms with van der Waals surface area (Å²) in [6.07, 6.45) is 8.42. The van der Waals surface area contributed by atoms with Gasteiger partial charge in [0.15, 0.2) is 15.7 Å². The number of carbonyl (C=O) groups excluding carboxylic acids is 4. The molecule has 0 spiro atoms. The predicted octanol–water partition coefficient (Wildman–Crippen LogP) is 5.52. The van der Waals surface area contributed by atoms with Gasteiger partial charge in [-0.2, -0.15) is 5.10 Å². The van der Waals surface area contributed by atoms with Gasteiger partial charge in [0.25, 0.3) is 11.8 Å². The normalized spacial score (nSPS) is 17.4. The van der Waals surface area contributed by atoms with E-state index in [2.05, 4.69) is 55.6 Å². The lowest BCUT2D eigenvalue weighted by Gasteiger charge is -2.37. The summed E-state index contributed by atoms with van der Waals surface area (Å²) < 4.78 is 46.7. The molecular formula is C53H63FN14O7S2. The first-order valence-electron chi connectivity index (χ1n) is 25.6. The number of halogens is 1. The number of likely N-dealkylation sites (N-methyl/N-ethyl adjacent to an activating group) is 1. The van der Waals surface area contributed by atoms with E-state index >= 15 is 0 Å². The van der Waals surface area contributed by atoms with Crippen molar-refractivity contribution in [2.24, 2.45) is 17.6 Å². The van der Waals surface area contributed by atoms with Crippen LogP contribution in [0, 0.1) is 31.5 Å². The largest absolute Gasteiger partial charge is 0.491 e. The molecule has 0 saturated carbocycles. The van der Waals surface area contributed by atoms with Gasteiger partial charge in [0.1, 0.15) is 57.4 Å². The van der Waals surface area contributed by atoms with Crippen molar-refractivity contribution in [2.75, 3.05) is 76.2 Å². The molecule has 3 aliphatic heterocycles. The standard InChI is InChI=1S/C53H63FN14O7S2/c1-31-32(2)63-64-48(31)62-49-37-25-44(77(73,74)53(3,4)5)43(26-38(37)59-30-60-49)75-23-22-65-18-20-66(21-19-65)45-28-57-40(27-58-45)52(72)67-16-13-33(14-17-67)36(24-39(56-6)47(55)70)51(71)68-15-7-8-42(68)50-61-41(29-76-50)46(69)34-9-11-35(54)12-10-34/h9-12,24-30,33,36,42,56H,7-8,13-23H2,1-6H3,(H2,55,70)(H2,59,60,62,63,64)/t36-,42+/m1/s1. The number of nitrogens with two attached hydrogens (primary N) is 1. The van der Waals surface area contributed by atoms with E-state index in [-0.39, 0.29) is 63.9 Å². The Morgan fingerprint density at radius 1 is 0.935 bits per heavy atom. The van der Waals surface area contributed by atoms with Gasteiger partial charge in [0, 0.05) is 93.1 Å². The number of sulfone groups is 1. The van der Waals surface area contributed by atoms with E-state index in [1.165, 1.54) is 48.1 Å². The molecule has 3 aliphatic rings. The molecule has 3 saturated heterocycles. The molecule has 77 heavy (non-hydrogen) atoms. The van der Waals surface area contributed by atoms with Crippen LogP contribution in [0.4, 0.5) is 21.8 Å². The number of ketones is 1. The monoisotopic (exact) mass is 1090 g/mol. The maximum atomic E-state index is 14.6. The van der Waals surface area contributed by atoms with E-state index in [0.29, 0.717) is 111 Å². The van der Waals surface area contributed by atoms with Gasteiger partial charge >= 0.3 is 0 Å². The molecule has 4 aromatic heterocycles. The van der Waals surface area contributed by atoms with Gasteiger partial charge < -0.3 is 35.8 Å². The third kappa shape index (κ3) is 11.6. The van der Waals surface area contributed by atoms with E-state index in [4.69, 9.17) is 10.5 Å². The number of H-pyrrole nitrogens is 1. The number of hydrogen-bond acceptors (Lipinski definition) is 18. The fourth-order valence-corrected chi connectivity index (χ4v) is 12.1. The summed E-state index contributed by atoms with van der Waals surface area (Å²) >= 11 is 1.29.